The minimum absolute atomic E-state index is 0.0374. The van der Waals surface area contributed by atoms with Gasteiger partial charge in [0.15, 0.2) is 0 Å². The van der Waals surface area contributed by atoms with E-state index in [9.17, 15) is 27.6 Å². The number of urea groups is 1. The van der Waals surface area contributed by atoms with Crippen molar-refractivity contribution in [1.82, 2.24) is 20.8 Å². The van der Waals surface area contributed by atoms with Crippen molar-refractivity contribution in [3.8, 4) is 11.5 Å². The van der Waals surface area contributed by atoms with Crippen LogP contribution in [0.1, 0.15) is 26.5 Å². The third kappa shape index (κ3) is 7.45. The van der Waals surface area contributed by atoms with Gasteiger partial charge in [-0.25, -0.2) is 4.79 Å². The summed E-state index contributed by atoms with van der Waals surface area (Å²) in [6, 6.07) is 15.9. The molecule has 2 aromatic heterocycles. The molecule has 0 aliphatic carbocycles. The number of hydrogen-bond acceptors (Lipinski definition) is 6. The first-order chi connectivity index (χ1) is 19.1. The maximum absolute atomic E-state index is 13.0. The van der Waals surface area contributed by atoms with E-state index in [0.29, 0.717) is 11.4 Å². The summed E-state index contributed by atoms with van der Waals surface area (Å²) in [5.41, 5.74) is 3.72. The molecule has 2 aromatic carbocycles. The van der Waals surface area contributed by atoms with E-state index in [0.717, 1.165) is 12.1 Å². The molecule has 14 heteroatoms. The van der Waals surface area contributed by atoms with Gasteiger partial charge < -0.3 is 15.4 Å². The van der Waals surface area contributed by atoms with Gasteiger partial charge in [0.2, 0.25) is 0 Å². The Labute approximate surface area is 229 Å². The topological polar surface area (TPSA) is 134 Å². The average molecular weight is 571 g/mol. The summed E-state index contributed by atoms with van der Waals surface area (Å²) in [5, 5.41) is 4.32. The predicted molar refractivity (Wildman–Crippen MR) is 139 cm³/mol. The van der Waals surface area contributed by atoms with Gasteiger partial charge in [-0.2, -0.15) is 13.2 Å². The summed E-state index contributed by atoms with van der Waals surface area (Å²) in [6.07, 6.45) is -1.89. The van der Waals surface area contributed by atoms with Crippen molar-refractivity contribution in [2.24, 2.45) is 0 Å². The summed E-state index contributed by atoms with van der Waals surface area (Å²) in [6.45, 7) is 0. The van der Waals surface area contributed by atoms with E-state index in [1.54, 1.807) is 12.1 Å². The maximum Gasteiger partial charge on any atom is 0.417 e. The van der Waals surface area contributed by atoms with Crippen molar-refractivity contribution in [2.75, 3.05) is 10.6 Å². The molecular weight excluding hydrogens is 553 g/mol. The van der Waals surface area contributed by atoms with Crippen molar-refractivity contribution in [3.63, 3.8) is 0 Å². The molecular formula is C26H18ClF3N6O4. The third-order valence-corrected chi connectivity index (χ3v) is 5.36. The van der Waals surface area contributed by atoms with E-state index >= 15 is 0 Å². The summed E-state index contributed by atoms with van der Waals surface area (Å²) in [5.74, 6) is -0.691. The van der Waals surface area contributed by atoms with Gasteiger partial charge in [0.05, 0.1) is 10.6 Å². The van der Waals surface area contributed by atoms with Crippen molar-refractivity contribution in [2.45, 2.75) is 6.18 Å². The number of alkyl halides is 3. The Morgan fingerprint density at radius 3 is 2.05 bits per heavy atom. The number of ether oxygens (including phenoxy) is 1. The van der Waals surface area contributed by atoms with E-state index in [1.165, 1.54) is 60.9 Å². The fourth-order valence-electron chi connectivity index (χ4n) is 3.19. The van der Waals surface area contributed by atoms with E-state index in [4.69, 9.17) is 16.3 Å². The molecule has 4 rings (SSSR count). The Morgan fingerprint density at radius 1 is 0.725 bits per heavy atom. The Bertz CT molecular complexity index is 1540. The lowest BCUT2D eigenvalue weighted by molar-refractivity contribution is -0.137. The lowest BCUT2D eigenvalue weighted by Gasteiger charge is -2.12. The van der Waals surface area contributed by atoms with Gasteiger partial charge in [0.25, 0.3) is 11.8 Å². The van der Waals surface area contributed by atoms with Crippen LogP contribution in [-0.4, -0.2) is 27.8 Å². The standard InChI is InChI=1S/C26H18ClF3N6O4/c27-20-9-6-16(13-19(20)26(28,29)30)34-25(39)33-15-4-7-17(8-5-15)40-18-10-12-32-22(14-18)24(38)36-35-23(37)21-3-1-2-11-31-21/h1-14H,(H,35,37)(H,36,38)(H2,33,34,39). The minimum atomic E-state index is -4.67. The first-order valence-corrected chi connectivity index (χ1v) is 11.7. The van der Waals surface area contributed by atoms with Crippen molar-refractivity contribution in [3.05, 3.63) is 107 Å². The largest absolute Gasteiger partial charge is 0.457 e. The molecule has 4 amide bonds. The minimum Gasteiger partial charge on any atom is -0.457 e. The molecule has 0 unspecified atom stereocenters. The van der Waals surface area contributed by atoms with Gasteiger partial charge in [-0.15, -0.1) is 0 Å². The highest BCUT2D eigenvalue weighted by atomic mass is 35.5. The number of rotatable bonds is 6. The van der Waals surface area contributed by atoms with Gasteiger partial charge in [0, 0.05) is 29.8 Å². The summed E-state index contributed by atoms with van der Waals surface area (Å²) < 4.78 is 44.8. The van der Waals surface area contributed by atoms with Crippen LogP contribution in [0, 0.1) is 0 Å². The molecule has 0 aliphatic rings. The van der Waals surface area contributed by atoms with E-state index in [1.807, 2.05) is 0 Å². The van der Waals surface area contributed by atoms with Gasteiger partial charge >= 0.3 is 12.2 Å². The lowest BCUT2D eigenvalue weighted by Crippen LogP contribution is -2.42. The Hall–Kier alpha value is -5.17. The monoisotopic (exact) mass is 570 g/mol. The number of aromatic nitrogens is 2. The first kappa shape index (κ1) is 27.9. The van der Waals surface area contributed by atoms with Crippen molar-refractivity contribution >= 4 is 40.8 Å². The zero-order valence-corrected chi connectivity index (χ0v) is 20.9. The average Bonchev–Trinajstić information content (AvgIpc) is 2.93. The van der Waals surface area contributed by atoms with Crippen LogP contribution in [0.15, 0.2) is 85.2 Å². The molecule has 0 spiro atoms. The molecule has 0 fully saturated rings. The second kappa shape index (κ2) is 12.1. The van der Waals surface area contributed by atoms with Gasteiger partial charge in [-0.05, 0) is 60.7 Å². The summed E-state index contributed by atoms with van der Waals surface area (Å²) >= 11 is 5.59. The Kier molecular flexibility index (Phi) is 8.45. The summed E-state index contributed by atoms with van der Waals surface area (Å²) in [4.78, 5) is 44.5. The van der Waals surface area contributed by atoms with Crippen LogP contribution in [0.2, 0.25) is 5.02 Å². The van der Waals surface area contributed by atoms with E-state index < -0.39 is 34.6 Å². The Balaban J connectivity index is 1.32. The number of anilines is 2. The molecule has 2 heterocycles. The molecule has 0 aliphatic heterocycles. The molecule has 0 saturated heterocycles. The molecule has 0 radical (unpaired) electrons. The number of pyridine rings is 2. The molecule has 4 N–H and O–H groups in total. The van der Waals surface area contributed by atoms with Crippen LogP contribution in [0.3, 0.4) is 0 Å². The number of carbonyl (C=O) groups excluding carboxylic acids is 3. The fraction of sp³-hybridized carbons (Fsp3) is 0.0385. The smallest absolute Gasteiger partial charge is 0.417 e. The molecule has 40 heavy (non-hydrogen) atoms. The Morgan fingerprint density at radius 2 is 1.38 bits per heavy atom. The SMILES string of the molecule is O=C(Nc1ccc(Oc2ccnc(C(=O)NNC(=O)c3ccccn3)c2)cc1)Nc1ccc(Cl)c(C(F)(F)F)c1. The molecule has 204 valence electrons. The first-order valence-electron chi connectivity index (χ1n) is 11.3. The van der Waals surface area contributed by atoms with Crippen LogP contribution in [-0.2, 0) is 6.18 Å². The molecule has 0 saturated carbocycles. The van der Waals surface area contributed by atoms with Crippen LogP contribution < -0.4 is 26.2 Å². The zero-order valence-electron chi connectivity index (χ0n) is 20.1. The number of amides is 4. The highest BCUT2D eigenvalue weighted by Gasteiger charge is 2.33. The normalized spacial score (nSPS) is 10.8. The van der Waals surface area contributed by atoms with Crippen LogP contribution in [0.5, 0.6) is 11.5 Å². The number of nitrogens with zero attached hydrogens (tertiary/aromatic N) is 2. The van der Waals surface area contributed by atoms with Gasteiger partial charge in [0.1, 0.15) is 22.9 Å². The number of nitrogens with one attached hydrogen (secondary N) is 4. The highest BCUT2D eigenvalue weighted by Crippen LogP contribution is 2.36. The quantitative estimate of drug-likeness (QED) is 0.221. The maximum atomic E-state index is 13.0. The molecule has 4 aromatic rings. The van der Waals surface area contributed by atoms with E-state index in [-0.39, 0.29) is 22.8 Å². The number of hydrogen-bond donors (Lipinski definition) is 4. The second-order valence-corrected chi connectivity index (χ2v) is 8.31. The van der Waals surface area contributed by atoms with E-state index in [2.05, 4.69) is 31.5 Å². The lowest BCUT2D eigenvalue weighted by atomic mass is 10.2. The molecule has 0 bridgehead atoms. The zero-order chi connectivity index (χ0) is 28.7. The highest BCUT2D eigenvalue weighted by molar-refractivity contribution is 6.31. The molecule has 0 atom stereocenters. The van der Waals surface area contributed by atoms with Gasteiger partial charge in [-0.3, -0.25) is 30.4 Å². The van der Waals surface area contributed by atoms with Crippen LogP contribution in [0.25, 0.3) is 0 Å². The number of benzene rings is 2. The third-order valence-electron chi connectivity index (χ3n) is 5.03. The number of halogens is 4. The predicted octanol–water partition coefficient (Wildman–Crippen LogP) is 5.66. The van der Waals surface area contributed by atoms with Crippen molar-refractivity contribution in [1.29, 1.82) is 0 Å². The fourth-order valence-corrected chi connectivity index (χ4v) is 3.42. The number of carbonyl (C=O) groups is 3. The van der Waals surface area contributed by atoms with Gasteiger partial charge in [-0.1, -0.05) is 17.7 Å². The van der Waals surface area contributed by atoms with Crippen molar-refractivity contribution < 1.29 is 32.3 Å². The molecule has 10 nitrogen and oxygen atoms in total. The number of hydrazine groups is 1. The summed E-state index contributed by atoms with van der Waals surface area (Å²) in [7, 11) is 0. The van der Waals surface area contributed by atoms with Crippen LogP contribution >= 0.6 is 11.6 Å². The van der Waals surface area contributed by atoms with Crippen LogP contribution in [0.4, 0.5) is 29.3 Å². The second-order valence-electron chi connectivity index (χ2n) is 7.90.